The molecule has 0 aromatic heterocycles. The van der Waals surface area contributed by atoms with Crippen molar-refractivity contribution in [3.8, 4) is 0 Å². The molecule has 1 aliphatic carbocycles. The zero-order chi connectivity index (χ0) is 13.9. The predicted octanol–water partition coefficient (Wildman–Crippen LogP) is 2.31. The normalized spacial score (nSPS) is 25.2. The number of hydrogen-bond acceptors (Lipinski definition) is 3. The minimum Gasteiger partial charge on any atom is -0.388 e. The maximum absolute atomic E-state index is 10.4. The average Bonchev–Trinajstić information content (AvgIpc) is 2.76. The zero-order valence-electron chi connectivity index (χ0n) is 12.8. The lowest BCUT2D eigenvalue weighted by Gasteiger charge is -2.39. The van der Waals surface area contributed by atoms with E-state index in [1.165, 1.54) is 0 Å². The van der Waals surface area contributed by atoms with Crippen LogP contribution in [0.15, 0.2) is 4.99 Å². The average molecular weight is 413 g/mol. The van der Waals surface area contributed by atoms with Gasteiger partial charge in [-0.3, -0.25) is 4.99 Å². The highest BCUT2D eigenvalue weighted by Crippen LogP contribution is 2.30. The van der Waals surface area contributed by atoms with Gasteiger partial charge in [-0.1, -0.05) is 12.8 Å². The molecule has 0 amide bonds. The third-order valence-electron chi connectivity index (χ3n) is 4.05. The van der Waals surface area contributed by atoms with Crippen molar-refractivity contribution in [1.82, 2.24) is 10.2 Å². The summed E-state index contributed by atoms with van der Waals surface area (Å²) >= 11 is 2.02. The van der Waals surface area contributed by atoms with Crippen molar-refractivity contribution in [3.05, 3.63) is 0 Å². The number of rotatable bonds is 2. The number of thioether (sulfide) groups is 1. The first kappa shape index (κ1) is 18.4. The Bertz CT molecular complexity index is 343. The molecule has 1 saturated heterocycles. The van der Waals surface area contributed by atoms with Crippen LogP contribution in [-0.2, 0) is 0 Å². The lowest BCUT2D eigenvalue weighted by Crippen LogP contribution is -2.53. The van der Waals surface area contributed by atoms with Crippen LogP contribution in [0, 0.1) is 0 Å². The molecule has 118 valence electrons. The van der Waals surface area contributed by atoms with Gasteiger partial charge in [0.15, 0.2) is 5.96 Å². The topological polar surface area (TPSA) is 47.9 Å². The van der Waals surface area contributed by atoms with Gasteiger partial charge in [-0.05, 0) is 26.7 Å². The molecule has 0 spiro atoms. The molecule has 1 heterocycles. The number of aliphatic hydroxyl groups is 1. The van der Waals surface area contributed by atoms with E-state index in [0.717, 1.165) is 50.5 Å². The van der Waals surface area contributed by atoms with Crippen LogP contribution < -0.4 is 5.32 Å². The van der Waals surface area contributed by atoms with Crippen LogP contribution in [-0.4, -0.2) is 58.7 Å². The quantitative estimate of drug-likeness (QED) is 0.415. The predicted molar refractivity (Wildman–Crippen MR) is 98.3 cm³/mol. The Morgan fingerprint density at radius 2 is 2.00 bits per heavy atom. The van der Waals surface area contributed by atoms with Gasteiger partial charge in [-0.25, -0.2) is 0 Å². The fourth-order valence-corrected chi connectivity index (χ4v) is 4.09. The van der Waals surface area contributed by atoms with Crippen LogP contribution in [0.4, 0.5) is 0 Å². The summed E-state index contributed by atoms with van der Waals surface area (Å²) in [6.45, 7) is 7.23. The van der Waals surface area contributed by atoms with Crippen LogP contribution in [0.1, 0.15) is 39.5 Å². The van der Waals surface area contributed by atoms with E-state index < -0.39 is 5.60 Å². The Hall–Kier alpha value is 0.310. The van der Waals surface area contributed by atoms with Gasteiger partial charge < -0.3 is 15.3 Å². The van der Waals surface area contributed by atoms with Gasteiger partial charge in [0.25, 0.3) is 0 Å². The Morgan fingerprint density at radius 3 is 2.55 bits per heavy atom. The summed E-state index contributed by atoms with van der Waals surface area (Å²) in [4.78, 5) is 6.69. The van der Waals surface area contributed by atoms with E-state index in [4.69, 9.17) is 0 Å². The van der Waals surface area contributed by atoms with Crippen LogP contribution in [0.5, 0.6) is 0 Å². The molecule has 2 fully saturated rings. The van der Waals surface area contributed by atoms with Gasteiger partial charge in [-0.2, -0.15) is 11.8 Å². The van der Waals surface area contributed by atoms with Crippen molar-refractivity contribution in [2.75, 3.05) is 32.4 Å². The van der Waals surface area contributed by atoms with Gasteiger partial charge in [0.05, 0.1) is 5.60 Å². The second-order valence-corrected chi connectivity index (χ2v) is 8.16. The van der Waals surface area contributed by atoms with E-state index in [1.807, 2.05) is 18.8 Å². The molecule has 0 atom stereocenters. The minimum absolute atomic E-state index is 0. The third-order valence-corrected chi connectivity index (χ3v) is 5.34. The van der Waals surface area contributed by atoms with Gasteiger partial charge in [-0.15, -0.1) is 24.0 Å². The highest BCUT2D eigenvalue weighted by Gasteiger charge is 2.33. The van der Waals surface area contributed by atoms with E-state index >= 15 is 0 Å². The highest BCUT2D eigenvalue weighted by molar-refractivity contribution is 14.0. The molecule has 2 rings (SSSR count). The molecule has 4 nitrogen and oxygen atoms in total. The number of nitrogens with one attached hydrogen (secondary N) is 1. The van der Waals surface area contributed by atoms with Crippen molar-refractivity contribution in [1.29, 1.82) is 0 Å². The molecular weight excluding hydrogens is 385 g/mol. The largest absolute Gasteiger partial charge is 0.388 e. The van der Waals surface area contributed by atoms with Crippen molar-refractivity contribution < 1.29 is 5.11 Å². The summed E-state index contributed by atoms with van der Waals surface area (Å²) < 4.78 is 0.278. The second kappa shape index (κ2) is 7.54. The lowest BCUT2D eigenvalue weighted by molar-refractivity contribution is 0.0515. The molecule has 1 aliphatic heterocycles. The van der Waals surface area contributed by atoms with Crippen LogP contribution in [0.2, 0.25) is 0 Å². The van der Waals surface area contributed by atoms with Crippen LogP contribution in [0.3, 0.4) is 0 Å². The summed E-state index contributed by atoms with van der Waals surface area (Å²) in [6, 6.07) is 0. The smallest absolute Gasteiger partial charge is 0.193 e. The molecule has 0 radical (unpaired) electrons. The summed E-state index contributed by atoms with van der Waals surface area (Å²) in [5, 5.41) is 13.8. The molecular formula is C14H28IN3OS. The molecule has 6 heteroatoms. The number of nitrogens with zero attached hydrogens (tertiary/aromatic N) is 2. The summed E-state index contributed by atoms with van der Waals surface area (Å²) in [5.74, 6) is 2.08. The number of hydrogen-bond donors (Lipinski definition) is 2. The molecule has 0 bridgehead atoms. The first-order chi connectivity index (χ1) is 8.94. The Labute approximate surface area is 144 Å². The van der Waals surface area contributed by atoms with E-state index in [9.17, 15) is 5.11 Å². The van der Waals surface area contributed by atoms with Gasteiger partial charge in [0.2, 0.25) is 0 Å². The van der Waals surface area contributed by atoms with Crippen molar-refractivity contribution >= 4 is 41.7 Å². The maximum atomic E-state index is 10.4. The summed E-state index contributed by atoms with van der Waals surface area (Å²) in [5.41, 5.74) is -0.518. The highest BCUT2D eigenvalue weighted by atomic mass is 127. The van der Waals surface area contributed by atoms with Crippen LogP contribution >= 0.6 is 35.7 Å². The SMILES string of the molecule is CN=C(NCC1(O)CCCC1)N1CCSC(C)(C)C1.I. The molecule has 0 aromatic carbocycles. The zero-order valence-corrected chi connectivity index (χ0v) is 16.0. The molecule has 2 N–H and O–H groups in total. The molecule has 0 aromatic rings. The first-order valence-corrected chi connectivity index (χ1v) is 8.25. The Balaban J connectivity index is 0.00000200. The van der Waals surface area contributed by atoms with Crippen molar-refractivity contribution in [3.63, 3.8) is 0 Å². The molecule has 2 aliphatic rings. The monoisotopic (exact) mass is 413 g/mol. The van der Waals surface area contributed by atoms with E-state index in [-0.39, 0.29) is 28.7 Å². The van der Waals surface area contributed by atoms with Crippen molar-refractivity contribution in [2.45, 2.75) is 49.9 Å². The fraction of sp³-hybridized carbons (Fsp3) is 0.929. The maximum Gasteiger partial charge on any atom is 0.193 e. The third kappa shape index (κ3) is 4.94. The summed E-state index contributed by atoms with van der Waals surface area (Å²) in [6.07, 6.45) is 4.12. The number of guanidine groups is 1. The number of halogens is 1. The van der Waals surface area contributed by atoms with E-state index in [0.29, 0.717) is 6.54 Å². The van der Waals surface area contributed by atoms with Crippen molar-refractivity contribution in [2.24, 2.45) is 4.99 Å². The summed E-state index contributed by atoms with van der Waals surface area (Å²) in [7, 11) is 1.83. The number of aliphatic imine (C=N–C) groups is 1. The molecule has 0 unspecified atom stereocenters. The van der Waals surface area contributed by atoms with Gasteiger partial charge in [0.1, 0.15) is 0 Å². The van der Waals surface area contributed by atoms with Gasteiger partial charge in [0, 0.05) is 37.2 Å². The van der Waals surface area contributed by atoms with E-state index in [1.54, 1.807) is 0 Å². The Morgan fingerprint density at radius 1 is 1.35 bits per heavy atom. The minimum atomic E-state index is -0.518. The second-order valence-electron chi connectivity index (χ2n) is 6.36. The Kier molecular flexibility index (Phi) is 6.92. The van der Waals surface area contributed by atoms with E-state index in [2.05, 4.69) is 29.1 Å². The van der Waals surface area contributed by atoms with Gasteiger partial charge >= 0.3 is 0 Å². The fourth-order valence-electron chi connectivity index (χ4n) is 2.98. The molecule has 1 saturated carbocycles. The first-order valence-electron chi connectivity index (χ1n) is 7.26. The molecule has 20 heavy (non-hydrogen) atoms. The van der Waals surface area contributed by atoms with Crippen LogP contribution in [0.25, 0.3) is 0 Å². The lowest BCUT2D eigenvalue weighted by atomic mass is 10.0. The standard InChI is InChI=1S/C14H27N3OS.HI/c1-13(2)11-17(8-9-19-13)12(15-3)16-10-14(18)6-4-5-7-14;/h18H,4-11H2,1-3H3,(H,15,16);1H.